The highest BCUT2D eigenvalue weighted by Crippen LogP contribution is 2.23. The Hall–Kier alpha value is -3.48. The van der Waals surface area contributed by atoms with Gasteiger partial charge in [-0.05, 0) is 30.7 Å². The molecule has 0 saturated heterocycles. The first-order chi connectivity index (χ1) is 12.6. The standard InChI is InChI=1S/C19H15N3O4/c23-17(21-12-7-8-15-16(10-12)26-11-20-15)6-3-9-22-18(24)13-4-1-2-5-14(13)19(22)25/h1-2,4-5,7-8,10-11H,3,6,9H2,(H,21,23). The van der Waals surface area contributed by atoms with E-state index in [1.54, 1.807) is 42.5 Å². The summed E-state index contributed by atoms with van der Waals surface area (Å²) in [6.45, 7) is 0.209. The first-order valence-electron chi connectivity index (χ1n) is 8.22. The minimum atomic E-state index is -0.304. The van der Waals surface area contributed by atoms with Crippen LogP contribution < -0.4 is 5.32 Å². The Morgan fingerprint density at radius 2 is 1.81 bits per heavy atom. The molecular formula is C19H15N3O4. The van der Waals surface area contributed by atoms with E-state index in [2.05, 4.69) is 10.3 Å². The number of aromatic nitrogens is 1. The van der Waals surface area contributed by atoms with E-state index in [9.17, 15) is 14.4 Å². The second-order valence-electron chi connectivity index (χ2n) is 5.99. The third kappa shape index (κ3) is 2.83. The molecule has 3 amide bonds. The van der Waals surface area contributed by atoms with Gasteiger partial charge in [0.25, 0.3) is 11.8 Å². The first kappa shape index (κ1) is 16.0. The molecule has 1 N–H and O–H groups in total. The molecule has 0 atom stereocenters. The summed E-state index contributed by atoms with van der Waals surface area (Å²) < 4.78 is 5.20. The first-order valence-corrected chi connectivity index (χ1v) is 8.22. The Kier molecular flexibility index (Phi) is 3.96. The Morgan fingerprint density at radius 3 is 2.54 bits per heavy atom. The molecule has 0 unspecified atom stereocenters. The van der Waals surface area contributed by atoms with Crippen molar-refractivity contribution in [2.24, 2.45) is 0 Å². The molecule has 0 fully saturated rings. The van der Waals surface area contributed by atoms with E-state index in [0.29, 0.717) is 34.3 Å². The van der Waals surface area contributed by atoms with E-state index in [1.165, 1.54) is 11.3 Å². The number of oxazole rings is 1. The Bertz CT molecular complexity index is 989. The number of benzene rings is 2. The molecule has 26 heavy (non-hydrogen) atoms. The summed E-state index contributed by atoms with van der Waals surface area (Å²) in [7, 11) is 0. The fourth-order valence-electron chi connectivity index (χ4n) is 3.00. The molecule has 7 nitrogen and oxygen atoms in total. The molecule has 130 valence electrons. The molecule has 2 heterocycles. The summed E-state index contributed by atoms with van der Waals surface area (Å²) in [5, 5.41) is 2.77. The number of nitrogens with zero attached hydrogens (tertiary/aromatic N) is 2. The maximum absolute atomic E-state index is 12.3. The summed E-state index contributed by atoms with van der Waals surface area (Å²) >= 11 is 0. The van der Waals surface area contributed by atoms with Crippen LogP contribution in [0.3, 0.4) is 0 Å². The molecule has 0 bridgehead atoms. The quantitative estimate of drug-likeness (QED) is 0.715. The van der Waals surface area contributed by atoms with Gasteiger partial charge in [0.2, 0.25) is 5.91 Å². The van der Waals surface area contributed by atoms with Crippen LogP contribution in [-0.2, 0) is 4.79 Å². The molecule has 0 spiro atoms. The van der Waals surface area contributed by atoms with Gasteiger partial charge in [0.1, 0.15) is 5.52 Å². The van der Waals surface area contributed by atoms with Crippen LogP contribution in [0.5, 0.6) is 0 Å². The molecule has 1 aliphatic rings. The van der Waals surface area contributed by atoms with Crippen LogP contribution in [0.15, 0.2) is 53.3 Å². The van der Waals surface area contributed by atoms with Crippen LogP contribution in [0.4, 0.5) is 5.69 Å². The van der Waals surface area contributed by atoms with Crippen molar-refractivity contribution in [1.82, 2.24) is 9.88 Å². The average Bonchev–Trinajstić information content (AvgIpc) is 3.20. The summed E-state index contributed by atoms with van der Waals surface area (Å²) in [6, 6.07) is 11.9. The van der Waals surface area contributed by atoms with E-state index >= 15 is 0 Å². The molecule has 1 aromatic heterocycles. The number of amides is 3. The molecule has 0 aliphatic carbocycles. The van der Waals surface area contributed by atoms with Gasteiger partial charge >= 0.3 is 0 Å². The van der Waals surface area contributed by atoms with Crippen molar-refractivity contribution in [1.29, 1.82) is 0 Å². The molecule has 0 radical (unpaired) electrons. The number of anilines is 1. The molecule has 2 aromatic carbocycles. The highest BCUT2D eigenvalue weighted by Gasteiger charge is 2.34. The van der Waals surface area contributed by atoms with Gasteiger partial charge in [-0.1, -0.05) is 12.1 Å². The van der Waals surface area contributed by atoms with Crippen molar-refractivity contribution in [3.8, 4) is 0 Å². The lowest BCUT2D eigenvalue weighted by Gasteiger charge is -2.13. The fraction of sp³-hybridized carbons (Fsp3) is 0.158. The van der Waals surface area contributed by atoms with Crippen LogP contribution in [-0.4, -0.2) is 34.2 Å². The largest absolute Gasteiger partial charge is 0.443 e. The third-order valence-corrected chi connectivity index (χ3v) is 4.28. The van der Waals surface area contributed by atoms with E-state index in [0.717, 1.165) is 0 Å². The van der Waals surface area contributed by atoms with Crippen molar-refractivity contribution < 1.29 is 18.8 Å². The highest BCUT2D eigenvalue weighted by molar-refractivity contribution is 6.21. The number of hydrogen-bond acceptors (Lipinski definition) is 5. The van der Waals surface area contributed by atoms with Gasteiger partial charge in [0, 0.05) is 24.7 Å². The number of rotatable bonds is 5. The normalized spacial score (nSPS) is 13.3. The van der Waals surface area contributed by atoms with Gasteiger partial charge in [-0.3, -0.25) is 19.3 Å². The zero-order valence-corrected chi connectivity index (χ0v) is 13.8. The van der Waals surface area contributed by atoms with Gasteiger partial charge < -0.3 is 9.73 Å². The number of fused-ring (bicyclic) bond motifs is 2. The van der Waals surface area contributed by atoms with Crippen molar-refractivity contribution in [2.75, 3.05) is 11.9 Å². The molecular weight excluding hydrogens is 334 g/mol. The summed E-state index contributed by atoms with van der Waals surface area (Å²) in [4.78, 5) is 41.8. The Morgan fingerprint density at radius 1 is 1.08 bits per heavy atom. The van der Waals surface area contributed by atoms with Crippen molar-refractivity contribution >= 4 is 34.5 Å². The smallest absolute Gasteiger partial charge is 0.261 e. The zero-order valence-electron chi connectivity index (χ0n) is 13.8. The second-order valence-corrected chi connectivity index (χ2v) is 5.99. The average molecular weight is 349 g/mol. The number of carbonyl (C=O) groups excluding carboxylic acids is 3. The number of hydrogen-bond donors (Lipinski definition) is 1. The Labute approximate surface area is 148 Å². The fourth-order valence-corrected chi connectivity index (χ4v) is 3.00. The topological polar surface area (TPSA) is 92.5 Å². The van der Waals surface area contributed by atoms with E-state index in [1.807, 2.05) is 0 Å². The summed E-state index contributed by atoms with van der Waals surface area (Å²) in [6.07, 6.45) is 1.93. The predicted molar refractivity (Wildman–Crippen MR) is 93.7 cm³/mol. The summed E-state index contributed by atoms with van der Waals surface area (Å²) in [5.74, 6) is -0.802. The third-order valence-electron chi connectivity index (χ3n) is 4.28. The van der Waals surface area contributed by atoms with E-state index in [-0.39, 0.29) is 30.7 Å². The van der Waals surface area contributed by atoms with Crippen LogP contribution >= 0.6 is 0 Å². The molecule has 7 heteroatoms. The SMILES string of the molecule is O=C(CCCN1C(=O)c2ccccc2C1=O)Nc1ccc2ncoc2c1. The van der Waals surface area contributed by atoms with Crippen molar-refractivity contribution in [3.63, 3.8) is 0 Å². The predicted octanol–water partition coefficient (Wildman–Crippen LogP) is 2.84. The van der Waals surface area contributed by atoms with E-state index in [4.69, 9.17) is 4.42 Å². The summed E-state index contributed by atoms with van der Waals surface area (Å²) in [5.41, 5.74) is 2.76. The van der Waals surface area contributed by atoms with Crippen LogP contribution in [0.2, 0.25) is 0 Å². The maximum atomic E-state index is 12.3. The maximum Gasteiger partial charge on any atom is 0.261 e. The number of carbonyl (C=O) groups is 3. The number of nitrogens with one attached hydrogen (secondary N) is 1. The Balaban J connectivity index is 1.33. The van der Waals surface area contributed by atoms with Gasteiger partial charge in [-0.2, -0.15) is 0 Å². The highest BCUT2D eigenvalue weighted by atomic mass is 16.3. The van der Waals surface area contributed by atoms with Crippen molar-refractivity contribution in [2.45, 2.75) is 12.8 Å². The van der Waals surface area contributed by atoms with Gasteiger partial charge in [0.05, 0.1) is 11.1 Å². The lowest BCUT2D eigenvalue weighted by Crippen LogP contribution is -2.31. The number of imide groups is 1. The lowest BCUT2D eigenvalue weighted by atomic mass is 10.1. The van der Waals surface area contributed by atoms with Crippen LogP contribution in [0, 0.1) is 0 Å². The van der Waals surface area contributed by atoms with E-state index < -0.39 is 0 Å². The minimum Gasteiger partial charge on any atom is -0.443 e. The van der Waals surface area contributed by atoms with Gasteiger partial charge in [0.15, 0.2) is 12.0 Å². The molecule has 0 saturated carbocycles. The second kappa shape index (κ2) is 6.44. The van der Waals surface area contributed by atoms with Gasteiger partial charge in [-0.25, -0.2) is 4.98 Å². The minimum absolute atomic E-state index is 0.194. The zero-order chi connectivity index (χ0) is 18.1. The van der Waals surface area contributed by atoms with Crippen molar-refractivity contribution in [3.05, 3.63) is 60.0 Å². The van der Waals surface area contributed by atoms with Crippen LogP contribution in [0.1, 0.15) is 33.6 Å². The monoisotopic (exact) mass is 349 g/mol. The van der Waals surface area contributed by atoms with Gasteiger partial charge in [-0.15, -0.1) is 0 Å². The molecule has 3 aromatic rings. The molecule has 1 aliphatic heterocycles. The lowest BCUT2D eigenvalue weighted by molar-refractivity contribution is -0.116. The molecule has 4 rings (SSSR count). The van der Waals surface area contributed by atoms with Crippen LogP contribution in [0.25, 0.3) is 11.1 Å².